The normalized spacial score (nSPS) is 20.0. The maximum atomic E-state index is 12.1. The van der Waals surface area contributed by atoms with Gasteiger partial charge in [-0.15, -0.1) is 0 Å². The lowest BCUT2D eigenvalue weighted by Gasteiger charge is -2.26. The summed E-state index contributed by atoms with van der Waals surface area (Å²) in [5, 5.41) is 6.22. The monoisotopic (exact) mass is 248 g/mol. The summed E-state index contributed by atoms with van der Waals surface area (Å²) in [4.78, 5) is 12.1. The summed E-state index contributed by atoms with van der Waals surface area (Å²) in [7, 11) is 1.64. The van der Waals surface area contributed by atoms with Crippen molar-refractivity contribution in [3.05, 3.63) is 35.4 Å². The number of benzene rings is 1. The van der Waals surface area contributed by atoms with Crippen LogP contribution in [0.3, 0.4) is 0 Å². The number of amides is 1. The van der Waals surface area contributed by atoms with Gasteiger partial charge in [0.2, 0.25) is 5.91 Å². The van der Waals surface area contributed by atoms with Gasteiger partial charge in [-0.05, 0) is 24.5 Å². The van der Waals surface area contributed by atoms with Gasteiger partial charge in [0.15, 0.2) is 0 Å². The van der Waals surface area contributed by atoms with Gasteiger partial charge in [-0.25, -0.2) is 0 Å². The van der Waals surface area contributed by atoms with E-state index in [9.17, 15) is 4.79 Å². The van der Waals surface area contributed by atoms with E-state index in [-0.39, 0.29) is 18.0 Å². The van der Waals surface area contributed by atoms with Crippen LogP contribution in [-0.4, -0.2) is 31.7 Å². The maximum absolute atomic E-state index is 12.1. The first-order valence-electron chi connectivity index (χ1n) is 6.30. The van der Waals surface area contributed by atoms with Crippen molar-refractivity contribution in [2.45, 2.75) is 32.0 Å². The summed E-state index contributed by atoms with van der Waals surface area (Å²) in [6.45, 7) is 3.24. The average molecular weight is 248 g/mol. The fourth-order valence-electron chi connectivity index (χ4n) is 2.27. The molecule has 0 radical (unpaired) electrons. The van der Waals surface area contributed by atoms with Gasteiger partial charge in [0.05, 0.1) is 12.6 Å². The topological polar surface area (TPSA) is 50.4 Å². The van der Waals surface area contributed by atoms with Crippen LogP contribution in [0, 0.1) is 0 Å². The maximum Gasteiger partial charge on any atom is 0.237 e. The van der Waals surface area contributed by atoms with Gasteiger partial charge in [-0.2, -0.15) is 0 Å². The van der Waals surface area contributed by atoms with Gasteiger partial charge in [0.25, 0.3) is 0 Å². The molecular weight excluding hydrogens is 228 g/mol. The van der Waals surface area contributed by atoms with Crippen LogP contribution < -0.4 is 10.6 Å². The zero-order valence-corrected chi connectivity index (χ0v) is 10.9. The van der Waals surface area contributed by atoms with E-state index in [1.807, 2.05) is 19.1 Å². The molecule has 1 aliphatic rings. The lowest BCUT2D eigenvalue weighted by atomic mass is 9.95. The van der Waals surface area contributed by atoms with Crippen LogP contribution >= 0.6 is 0 Å². The van der Waals surface area contributed by atoms with Crippen LogP contribution in [0.4, 0.5) is 0 Å². The largest absolute Gasteiger partial charge is 0.383 e. The van der Waals surface area contributed by atoms with E-state index < -0.39 is 0 Å². The Morgan fingerprint density at radius 2 is 2.22 bits per heavy atom. The van der Waals surface area contributed by atoms with Crippen molar-refractivity contribution < 1.29 is 9.53 Å². The van der Waals surface area contributed by atoms with Gasteiger partial charge in [-0.1, -0.05) is 24.3 Å². The quantitative estimate of drug-likeness (QED) is 0.830. The minimum absolute atomic E-state index is 0.0430. The van der Waals surface area contributed by atoms with E-state index in [1.165, 1.54) is 11.1 Å². The van der Waals surface area contributed by atoms with Crippen LogP contribution in [0.2, 0.25) is 0 Å². The molecule has 1 amide bonds. The number of carbonyl (C=O) groups excluding carboxylic acids is 1. The molecule has 1 aliphatic heterocycles. The van der Waals surface area contributed by atoms with E-state index in [0.29, 0.717) is 6.61 Å². The molecular formula is C14H20N2O2. The van der Waals surface area contributed by atoms with Crippen LogP contribution in [0.1, 0.15) is 18.1 Å². The van der Waals surface area contributed by atoms with Gasteiger partial charge in [-0.3, -0.25) is 4.79 Å². The number of ether oxygens (including phenoxy) is 1. The minimum Gasteiger partial charge on any atom is -0.383 e. The Morgan fingerprint density at radius 3 is 2.94 bits per heavy atom. The molecule has 2 N–H and O–H groups in total. The van der Waals surface area contributed by atoms with Crippen LogP contribution in [0.25, 0.3) is 0 Å². The number of methoxy groups -OCH3 is 1. The zero-order valence-electron chi connectivity index (χ0n) is 10.9. The number of carbonyl (C=O) groups is 1. The Labute approximate surface area is 108 Å². The molecule has 0 bridgehead atoms. The van der Waals surface area contributed by atoms with E-state index in [2.05, 4.69) is 22.8 Å². The molecule has 1 unspecified atom stereocenters. The third-order valence-corrected chi connectivity index (χ3v) is 3.20. The highest BCUT2D eigenvalue weighted by atomic mass is 16.5. The van der Waals surface area contributed by atoms with Crippen LogP contribution in [0.15, 0.2) is 24.3 Å². The van der Waals surface area contributed by atoms with Gasteiger partial charge < -0.3 is 15.4 Å². The first-order chi connectivity index (χ1) is 8.70. The average Bonchev–Trinajstić information content (AvgIpc) is 2.38. The van der Waals surface area contributed by atoms with Crippen molar-refractivity contribution in [2.75, 3.05) is 13.7 Å². The molecule has 98 valence electrons. The first kappa shape index (κ1) is 13.1. The van der Waals surface area contributed by atoms with Crippen molar-refractivity contribution in [2.24, 2.45) is 0 Å². The third kappa shape index (κ3) is 3.09. The molecule has 0 saturated carbocycles. The fourth-order valence-corrected chi connectivity index (χ4v) is 2.27. The second-order valence-corrected chi connectivity index (χ2v) is 4.77. The summed E-state index contributed by atoms with van der Waals surface area (Å²) in [5.74, 6) is 0.0500. The number of hydrogen-bond acceptors (Lipinski definition) is 3. The summed E-state index contributed by atoms with van der Waals surface area (Å²) < 4.78 is 5.01. The Balaban J connectivity index is 1.94. The predicted octanol–water partition coefficient (Wildman–Crippen LogP) is 0.852. The molecule has 2 atom stereocenters. The molecule has 4 nitrogen and oxygen atoms in total. The summed E-state index contributed by atoms with van der Waals surface area (Å²) in [6, 6.07) is 8.15. The Kier molecular flexibility index (Phi) is 4.33. The number of nitrogens with one attached hydrogen (secondary N) is 2. The molecule has 0 saturated heterocycles. The highest BCUT2D eigenvalue weighted by molar-refractivity contribution is 5.82. The van der Waals surface area contributed by atoms with Crippen molar-refractivity contribution in [1.29, 1.82) is 0 Å². The zero-order chi connectivity index (χ0) is 13.0. The Bertz CT molecular complexity index is 420. The molecule has 1 aromatic carbocycles. The molecule has 0 spiro atoms. The van der Waals surface area contributed by atoms with E-state index in [0.717, 1.165) is 13.0 Å². The lowest BCUT2D eigenvalue weighted by Crippen LogP contribution is -2.50. The smallest absolute Gasteiger partial charge is 0.237 e. The highest BCUT2D eigenvalue weighted by Crippen LogP contribution is 2.16. The van der Waals surface area contributed by atoms with Gasteiger partial charge in [0, 0.05) is 19.7 Å². The van der Waals surface area contributed by atoms with Crippen molar-refractivity contribution in [3.63, 3.8) is 0 Å². The third-order valence-electron chi connectivity index (χ3n) is 3.20. The van der Waals surface area contributed by atoms with Gasteiger partial charge in [0.1, 0.15) is 0 Å². The minimum atomic E-state index is -0.140. The van der Waals surface area contributed by atoms with Crippen molar-refractivity contribution >= 4 is 5.91 Å². The SMILES string of the molecule is COCC(C)NC(=O)[C@@H]1Cc2ccccc2CN1. The predicted molar refractivity (Wildman–Crippen MR) is 70.3 cm³/mol. The second kappa shape index (κ2) is 5.98. The first-order valence-corrected chi connectivity index (χ1v) is 6.30. The molecule has 4 heteroatoms. The highest BCUT2D eigenvalue weighted by Gasteiger charge is 2.24. The van der Waals surface area contributed by atoms with E-state index in [4.69, 9.17) is 4.74 Å². The molecule has 1 heterocycles. The molecule has 0 aromatic heterocycles. The number of hydrogen-bond donors (Lipinski definition) is 2. The summed E-state index contributed by atoms with van der Waals surface area (Å²) in [6.07, 6.45) is 0.752. The fraction of sp³-hybridized carbons (Fsp3) is 0.500. The van der Waals surface area contributed by atoms with Crippen LogP contribution in [-0.2, 0) is 22.5 Å². The number of fused-ring (bicyclic) bond motifs is 1. The van der Waals surface area contributed by atoms with Gasteiger partial charge >= 0.3 is 0 Å². The molecule has 18 heavy (non-hydrogen) atoms. The van der Waals surface area contributed by atoms with Crippen LogP contribution in [0.5, 0.6) is 0 Å². The molecule has 0 fully saturated rings. The second-order valence-electron chi connectivity index (χ2n) is 4.77. The molecule has 2 rings (SSSR count). The van der Waals surface area contributed by atoms with E-state index >= 15 is 0 Å². The summed E-state index contributed by atoms with van der Waals surface area (Å²) in [5.41, 5.74) is 2.54. The van der Waals surface area contributed by atoms with E-state index in [1.54, 1.807) is 7.11 Å². The Morgan fingerprint density at radius 1 is 1.50 bits per heavy atom. The molecule has 0 aliphatic carbocycles. The van der Waals surface area contributed by atoms with Crippen molar-refractivity contribution in [3.8, 4) is 0 Å². The number of rotatable bonds is 4. The Hall–Kier alpha value is -1.39. The van der Waals surface area contributed by atoms with Crippen molar-refractivity contribution in [1.82, 2.24) is 10.6 Å². The standard InChI is InChI=1S/C14H20N2O2/c1-10(9-18-2)16-14(17)13-7-11-5-3-4-6-12(11)8-15-13/h3-6,10,13,15H,7-9H2,1-2H3,(H,16,17)/t10?,13-/m0/s1. The summed E-state index contributed by atoms with van der Waals surface area (Å²) >= 11 is 0. The molecule has 1 aromatic rings. The lowest BCUT2D eigenvalue weighted by molar-refractivity contribution is -0.124.